The Labute approximate surface area is 302 Å². The van der Waals surface area contributed by atoms with Crippen molar-refractivity contribution in [1.82, 2.24) is 4.90 Å². The van der Waals surface area contributed by atoms with E-state index in [-0.39, 0.29) is 12.2 Å². The number of likely N-dealkylation sites (tertiary alicyclic amines) is 1. The maximum absolute atomic E-state index is 6.33. The number of unbranched alkanes of at least 4 members (excludes halogenated alkanes) is 28. The van der Waals surface area contributed by atoms with Crippen LogP contribution in [0.2, 0.25) is 0 Å². The first-order valence-electron chi connectivity index (χ1n) is 22.0. The van der Waals surface area contributed by atoms with Crippen LogP contribution in [-0.2, 0) is 9.47 Å². The number of hydrogen-bond donors (Lipinski definition) is 0. The molecular formula is C45H87NO2. The molecular weight excluding hydrogens is 587 g/mol. The number of rotatable bonds is 38. The van der Waals surface area contributed by atoms with E-state index in [9.17, 15) is 0 Å². The molecule has 1 saturated heterocycles. The minimum atomic E-state index is 0.264. The van der Waals surface area contributed by atoms with Gasteiger partial charge in [0.1, 0.15) is 0 Å². The zero-order valence-corrected chi connectivity index (χ0v) is 33.2. The third-order valence-electron chi connectivity index (χ3n) is 10.4. The highest BCUT2D eigenvalue weighted by atomic mass is 16.5. The van der Waals surface area contributed by atoms with Crippen LogP contribution in [0.1, 0.15) is 219 Å². The summed E-state index contributed by atoms with van der Waals surface area (Å²) >= 11 is 0. The van der Waals surface area contributed by atoms with Crippen molar-refractivity contribution in [3.63, 3.8) is 0 Å². The first-order chi connectivity index (χ1) is 23.8. The number of hydrogen-bond acceptors (Lipinski definition) is 3. The largest absolute Gasteiger partial charge is 0.374 e. The molecule has 0 unspecified atom stereocenters. The van der Waals surface area contributed by atoms with Crippen molar-refractivity contribution < 1.29 is 9.47 Å². The summed E-state index contributed by atoms with van der Waals surface area (Å²) in [5, 5.41) is 0. The van der Waals surface area contributed by atoms with E-state index in [1.165, 1.54) is 205 Å². The molecule has 0 amide bonds. The number of ether oxygens (including phenoxy) is 2. The zero-order chi connectivity index (χ0) is 34.4. The van der Waals surface area contributed by atoms with Gasteiger partial charge in [-0.15, -0.1) is 0 Å². The highest BCUT2D eigenvalue weighted by Gasteiger charge is 2.32. The number of nitrogens with zero attached hydrogens (tertiary/aromatic N) is 1. The van der Waals surface area contributed by atoms with Crippen molar-refractivity contribution in [3.05, 3.63) is 24.3 Å². The molecule has 0 aromatic heterocycles. The Bertz CT molecular complexity index is 620. The summed E-state index contributed by atoms with van der Waals surface area (Å²) < 4.78 is 12.7. The third-order valence-corrected chi connectivity index (χ3v) is 10.4. The van der Waals surface area contributed by atoms with E-state index < -0.39 is 0 Å². The molecule has 1 fully saturated rings. The quantitative estimate of drug-likeness (QED) is 0.0481. The average Bonchev–Trinajstić information content (AvgIpc) is 3.45. The molecule has 0 saturated carbocycles. The summed E-state index contributed by atoms with van der Waals surface area (Å²) in [4.78, 5) is 2.38. The fourth-order valence-electron chi connectivity index (χ4n) is 7.12. The normalized spacial score (nSPS) is 17.1. The number of allylic oxidation sites excluding steroid dienone is 4. The van der Waals surface area contributed by atoms with E-state index in [0.29, 0.717) is 0 Å². The van der Waals surface area contributed by atoms with Crippen LogP contribution >= 0.6 is 0 Å². The molecule has 1 heterocycles. The van der Waals surface area contributed by atoms with Crippen molar-refractivity contribution in [1.29, 1.82) is 0 Å². The summed E-state index contributed by atoms with van der Waals surface area (Å²) in [7, 11) is 2.21. The van der Waals surface area contributed by atoms with Gasteiger partial charge < -0.3 is 14.4 Å². The van der Waals surface area contributed by atoms with Gasteiger partial charge in [0.25, 0.3) is 0 Å². The van der Waals surface area contributed by atoms with Crippen LogP contribution < -0.4 is 0 Å². The van der Waals surface area contributed by atoms with Gasteiger partial charge in [0.15, 0.2) is 0 Å². The van der Waals surface area contributed by atoms with Gasteiger partial charge in [-0.3, -0.25) is 0 Å². The van der Waals surface area contributed by atoms with Crippen LogP contribution in [0.25, 0.3) is 0 Å². The zero-order valence-electron chi connectivity index (χ0n) is 33.2. The standard InChI is InChI=1S/C45H87NO2/c1-4-6-8-10-12-14-16-18-20-22-24-26-28-30-32-34-36-38-40-47-44-42-46(3)43-45(44)48-41-39-37-35-33-31-29-27-25-23-21-19-17-15-13-11-9-7-5-2/h18-21,44-45H,4-17,22-43H2,1-3H3/t44-,45-/m1/s1. The summed E-state index contributed by atoms with van der Waals surface area (Å²) in [5.74, 6) is 0. The molecule has 1 rings (SSSR count). The second-order valence-corrected chi connectivity index (χ2v) is 15.3. The van der Waals surface area contributed by atoms with Gasteiger partial charge in [-0.05, 0) is 71.3 Å². The van der Waals surface area contributed by atoms with Crippen molar-refractivity contribution in [2.75, 3.05) is 33.4 Å². The molecule has 0 aromatic carbocycles. The Morgan fingerprint density at radius 3 is 0.917 bits per heavy atom. The van der Waals surface area contributed by atoms with Gasteiger partial charge in [-0.25, -0.2) is 0 Å². The Morgan fingerprint density at radius 2 is 0.625 bits per heavy atom. The SMILES string of the molecule is CCCCCCCCC=CCCCCCCCCCCO[C@@H]1CN(C)C[C@H]1OCCCCCCCCCCC=CCCCCCCCC. The molecule has 0 aromatic rings. The van der Waals surface area contributed by atoms with E-state index in [1.807, 2.05) is 0 Å². The predicted octanol–water partition coefficient (Wildman–Crippen LogP) is 14.3. The lowest BCUT2D eigenvalue weighted by Crippen LogP contribution is -2.30. The van der Waals surface area contributed by atoms with Gasteiger partial charge in [-0.2, -0.15) is 0 Å². The van der Waals surface area contributed by atoms with Crippen LogP contribution in [-0.4, -0.2) is 50.5 Å². The predicted molar refractivity (Wildman–Crippen MR) is 214 cm³/mol. The molecule has 0 spiro atoms. The van der Waals surface area contributed by atoms with Crippen molar-refractivity contribution in [2.45, 2.75) is 232 Å². The molecule has 3 nitrogen and oxygen atoms in total. The Morgan fingerprint density at radius 1 is 0.375 bits per heavy atom. The Hall–Kier alpha value is -0.640. The Balaban J connectivity index is 1.84. The topological polar surface area (TPSA) is 21.7 Å². The lowest BCUT2D eigenvalue weighted by Gasteiger charge is -2.20. The fraction of sp³-hybridized carbons (Fsp3) is 0.911. The molecule has 0 radical (unpaired) electrons. The van der Waals surface area contributed by atoms with E-state index >= 15 is 0 Å². The monoisotopic (exact) mass is 674 g/mol. The smallest absolute Gasteiger partial charge is 0.0975 e. The van der Waals surface area contributed by atoms with Gasteiger partial charge in [0, 0.05) is 26.3 Å². The average molecular weight is 674 g/mol. The van der Waals surface area contributed by atoms with Crippen LogP contribution in [0.4, 0.5) is 0 Å². The summed E-state index contributed by atoms with van der Waals surface area (Å²) in [6, 6.07) is 0. The van der Waals surface area contributed by atoms with E-state index in [4.69, 9.17) is 9.47 Å². The number of likely N-dealkylation sites (N-methyl/N-ethyl adjacent to an activating group) is 1. The molecule has 1 aliphatic heterocycles. The van der Waals surface area contributed by atoms with Gasteiger partial charge >= 0.3 is 0 Å². The molecule has 0 bridgehead atoms. The van der Waals surface area contributed by atoms with Crippen molar-refractivity contribution in [2.24, 2.45) is 0 Å². The highest BCUT2D eigenvalue weighted by Crippen LogP contribution is 2.18. The van der Waals surface area contributed by atoms with Crippen molar-refractivity contribution >= 4 is 0 Å². The first kappa shape index (κ1) is 45.4. The van der Waals surface area contributed by atoms with Gasteiger partial charge in [-0.1, -0.05) is 179 Å². The third kappa shape index (κ3) is 31.3. The van der Waals surface area contributed by atoms with Gasteiger partial charge in [0.05, 0.1) is 12.2 Å². The van der Waals surface area contributed by atoms with Crippen LogP contribution in [0, 0.1) is 0 Å². The van der Waals surface area contributed by atoms with Crippen LogP contribution in [0.5, 0.6) is 0 Å². The van der Waals surface area contributed by atoms with E-state index in [1.54, 1.807) is 0 Å². The molecule has 284 valence electrons. The maximum atomic E-state index is 6.33. The fourth-order valence-corrected chi connectivity index (χ4v) is 7.12. The van der Waals surface area contributed by atoms with E-state index in [0.717, 1.165) is 26.3 Å². The lowest BCUT2D eigenvalue weighted by molar-refractivity contribution is -0.0481. The second-order valence-electron chi connectivity index (χ2n) is 15.3. The highest BCUT2D eigenvalue weighted by molar-refractivity contribution is 4.85. The minimum Gasteiger partial charge on any atom is -0.374 e. The summed E-state index contributed by atoms with van der Waals surface area (Å²) in [6.07, 6.45) is 54.0. The van der Waals surface area contributed by atoms with Gasteiger partial charge in [0.2, 0.25) is 0 Å². The first-order valence-corrected chi connectivity index (χ1v) is 22.0. The maximum Gasteiger partial charge on any atom is 0.0975 e. The molecule has 0 aliphatic carbocycles. The summed E-state index contributed by atoms with van der Waals surface area (Å²) in [5.41, 5.74) is 0. The molecule has 3 heteroatoms. The minimum absolute atomic E-state index is 0.264. The molecule has 48 heavy (non-hydrogen) atoms. The second kappa shape index (κ2) is 37.6. The molecule has 0 N–H and O–H groups in total. The molecule has 2 atom stereocenters. The van der Waals surface area contributed by atoms with Crippen molar-refractivity contribution in [3.8, 4) is 0 Å². The van der Waals surface area contributed by atoms with Crippen LogP contribution in [0.15, 0.2) is 24.3 Å². The van der Waals surface area contributed by atoms with Crippen LogP contribution in [0.3, 0.4) is 0 Å². The van der Waals surface area contributed by atoms with E-state index in [2.05, 4.69) is 50.1 Å². The Kier molecular flexibility index (Phi) is 35.6. The lowest BCUT2D eigenvalue weighted by atomic mass is 10.1. The molecule has 1 aliphatic rings. The summed E-state index contributed by atoms with van der Waals surface area (Å²) in [6.45, 7) is 8.43.